The maximum atomic E-state index is 15.4. The van der Waals surface area contributed by atoms with Crippen LogP contribution in [0.3, 0.4) is 0 Å². The minimum Gasteiger partial charge on any atom is -0.367 e. The van der Waals surface area contributed by atoms with Crippen molar-refractivity contribution < 1.29 is 12.8 Å². The molecular weight excluding hydrogens is 591 g/mol. The molecule has 222 valence electrons. The highest BCUT2D eigenvalue weighted by atomic mass is 35.5. The lowest BCUT2D eigenvalue weighted by atomic mass is 9.83. The molecule has 0 unspecified atom stereocenters. The number of hydrogen-bond donors (Lipinski definition) is 1. The summed E-state index contributed by atoms with van der Waals surface area (Å²) in [4.78, 5) is 26.0. The zero-order chi connectivity index (χ0) is 30.3. The Labute approximate surface area is 253 Å². The van der Waals surface area contributed by atoms with Crippen LogP contribution in [0.15, 0.2) is 53.9 Å². The number of aromatic nitrogens is 7. The van der Waals surface area contributed by atoms with Crippen LogP contribution in [-0.4, -0.2) is 48.3 Å². The quantitative estimate of drug-likeness (QED) is 0.223. The highest BCUT2D eigenvalue weighted by molar-refractivity contribution is 7.90. The summed E-state index contributed by atoms with van der Waals surface area (Å²) in [6.45, 7) is 5.34. The van der Waals surface area contributed by atoms with E-state index in [0.717, 1.165) is 40.9 Å². The van der Waals surface area contributed by atoms with Gasteiger partial charge >= 0.3 is 0 Å². The van der Waals surface area contributed by atoms with Gasteiger partial charge in [-0.15, -0.1) is 0 Å². The van der Waals surface area contributed by atoms with Crippen molar-refractivity contribution in [1.29, 1.82) is 0 Å². The Kier molecular flexibility index (Phi) is 7.82. The number of aryl methyl sites for hydroxylation is 3. The molecule has 0 amide bonds. The Morgan fingerprint density at radius 2 is 1.86 bits per heavy atom. The first kappa shape index (κ1) is 29.1. The number of halogens is 2. The van der Waals surface area contributed by atoms with E-state index in [1.807, 2.05) is 19.9 Å². The Hall–Kier alpha value is -4.03. The minimum absolute atomic E-state index is 0.122. The van der Waals surface area contributed by atoms with E-state index < -0.39 is 15.8 Å². The van der Waals surface area contributed by atoms with Crippen molar-refractivity contribution in [1.82, 2.24) is 33.9 Å². The van der Waals surface area contributed by atoms with Gasteiger partial charge in [-0.05, 0) is 76.1 Å². The molecular formula is C30H30ClFN8O2S. The van der Waals surface area contributed by atoms with Crippen molar-refractivity contribution in [3.63, 3.8) is 0 Å². The molecule has 13 heteroatoms. The Morgan fingerprint density at radius 1 is 1.07 bits per heavy atom. The van der Waals surface area contributed by atoms with Crippen molar-refractivity contribution in [2.75, 3.05) is 5.32 Å². The SMILES string of the molecule is Cc1ccc(S(=O)(=O)n2cc(-c3nc(C)c(F)c(C[C@@H]4CCC[C@H](Nc5cc(C)nc(Cl)n5)C4)n3)c3cncnc32)cc1. The van der Waals surface area contributed by atoms with Gasteiger partial charge in [-0.1, -0.05) is 24.1 Å². The molecule has 0 saturated heterocycles. The average molecular weight is 621 g/mol. The van der Waals surface area contributed by atoms with Gasteiger partial charge < -0.3 is 5.32 Å². The van der Waals surface area contributed by atoms with Gasteiger partial charge in [-0.25, -0.2) is 46.7 Å². The second kappa shape index (κ2) is 11.6. The highest BCUT2D eigenvalue weighted by Gasteiger charge is 2.27. The molecule has 0 spiro atoms. The third-order valence-corrected chi connectivity index (χ3v) is 9.62. The molecule has 0 aliphatic heterocycles. The van der Waals surface area contributed by atoms with Gasteiger partial charge in [-0.2, -0.15) is 0 Å². The van der Waals surface area contributed by atoms with E-state index in [1.165, 1.54) is 18.7 Å². The van der Waals surface area contributed by atoms with Crippen LogP contribution in [0.1, 0.15) is 48.3 Å². The largest absolute Gasteiger partial charge is 0.367 e. The third kappa shape index (κ3) is 5.94. The molecule has 0 radical (unpaired) electrons. The number of anilines is 1. The van der Waals surface area contributed by atoms with Crippen LogP contribution in [0.25, 0.3) is 22.4 Å². The molecule has 0 bridgehead atoms. The molecule has 1 aliphatic carbocycles. The molecule has 6 rings (SSSR count). The van der Waals surface area contributed by atoms with Crippen LogP contribution >= 0.6 is 11.6 Å². The molecule has 1 aromatic carbocycles. The van der Waals surface area contributed by atoms with Gasteiger partial charge in [0.2, 0.25) is 5.28 Å². The Morgan fingerprint density at radius 3 is 2.63 bits per heavy atom. The van der Waals surface area contributed by atoms with Crippen LogP contribution in [0, 0.1) is 32.5 Å². The lowest BCUT2D eigenvalue weighted by molar-refractivity contribution is 0.327. The predicted octanol–water partition coefficient (Wildman–Crippen LogP) is 5.85. The summed E-state index contributed by atoms with van der Waals surface area (Å²) in [6, 6.07) is 8.59. The fourth-order valence-electron chi connectivity index (χ4n) is 5.69. The van der Waals surface area contributed by atoms with E-state index in [1.54, 1.807) is 31.2 Å². The maximum Gasteiger partial charge on any atom is 0.269 e. The highest BCUT2D eigenvalue weighted by Crippen LogP contribution is 2.33. The number of benzene rings is 1. The second-order valence-corrected chi connectivity index (χ2v) is 13.2. The van der Waals surface area contributed by atoms with Crippen LogP contribution in [0.2, 0.25) is 5.28 Å². The van der Waals surface area contributed by atoms with Crippen LogP contribution in [-0.2, 0) is 16.4 Å². The molecule has 10 nitrogen and oxygen atoms in total. The summed E-state index contributed by atoms with van der Waals surface area (Å²) in [5, 5.41) is 4.11. The predicted molar refractivity (Wildman–Crippen MR) is 162 cm³/mol. The van der Waals surface area contributed by atoms with Crippen molar-refractivity contribution in [3.8, 4) is 11.4 Å². The Balaban J connectivity index is 1.31. The lowest BCUT2D eigenvalue weighted by Crippen LogP contribution is -2.29. The summed E-state index contributed by atoms with van der Waals surface area (Å²) in [5.41, 5.74) is 2.81. The maximum absolute atomic E-state index is 15.4. The molecule has 5 aromatic rings. The monoisotopic (exact) mass is 620 g/mol. The zero-order valence-electron chi connectivity index (χ0n) is 23.9. The van der Waals surface area contributed by atoms with E-state index in [9.17, 15) is 8.42 Å². The first-order valence-electron chi connectivity index (χ1n) is 14.0. The average Bonchev–Trinajstić information content (AvgIpc) is 3.36. The normalized spacial score (nSPS) is 17.3. The smallest absolute Gasteiger partial charge is 0.269 e. The Bertz CT molecular complexity index is 1910. The third-order valence-electron chi connectivity index (χ3n) is 7.78. The van der Waals surface area contributed by atoms with Gasteiger partial charge in [-0.3, -0.25) is 0 Å². The van der Waals surface area contributed by atoms with Gasteiger partial charge in [0, 0.05) is 41.1 Å². The van der Waals surface area contributed by atoms with Gasteiger partial charge in [0.1, 0.15) is 12.1 Å². The van der Waals surface area contributed by atoms with Crippen LogP contribution in [0.4, 0.5) is 10.2 Å². The molecule has 1 saturated carbocycles. The zero-order valence-corrected chi connectivity index (χ0v) is 25.5. The van der Waals surface area contributed by atoms with Gasteiger partial charge in [0.15, 0.2) is 17.3 Å². The van der Waals surface area contributed by atoms with E-state index in [4.69, 9.17) is 11.6 Å². The summed E-state index contributed by atoms with van der Waals surface area (Å²) < 4.78 is 43.8. The van der Waals surface area contributed by atoms with Gasteiger partial charge in [0.05, 0.1) is 16.3 Å². The van der Waals surface area contributed by atoms with Crippen molar-refractivity contribution in [2.24, 2.45) is 5.92 Å². The second-order valence-electron chi connectivity index (χ2n) is 11.1. The van der Waals surface area contributed by atoms with E-state index >= 15 is 4.39 Å². The number of rotatable bonds is 7. The van der Waals surface area contributed by atoms with Crippen LogP contribution < -0.4 is 5.32 Å². The number of fused-ring (bicyclic) bond motifs is 1. The van der Waals surface area contributed by atoms with Crippen LogP contribution in [0.5, 0.6) is 0 Å². The summed E-state index contributed by atoms with van der Waals surface area (Å²) in [7, 11) is -3.99. The molecule has 1 fully saturated rings. The fourth-order valence-corrected chi connectivity index (χ4v) is 7.24. The fraction of sp³-hybridized carbons (Fsp3) is 0.333. The number of hydrogen-bond acceptors (Lipinski definition) is 9. The topological polar surface area (TPSA) is 128 Å². The molecule has 1 aliphatic rings. The van der Waals surface area contributed by atoms with E-state index in [-0.39, 0.29) is 39.3 Å². The summed E-state index contributed by atoms with van der Waals surface area (Å²) in [6.07, 6.45) is 8.35. The summed E-state index contributed by atoms with van der Waals surface area (Å²) in [5.74, 6) is 0.619. The molecule has 4 heterocycles. The molecule has 2 atom stereocenters. The molecule has 1 N–H and O–H groups in total. The van der Waals surface area contributed by atoms with Crippen molar-refractivity contribution in [2.45, 2.75) is 63.8 Å². The number of nitrogens with one attached hydrogen (secondary N) is 1. The molecule has 4 aromatic heterocycles. The van der Waals surface area contributed by atoms with Gasteiger partial charge in [0.25, 0.3) is 10.0 Å². The standard InChI is InChI=1S/C30H30ClFN8O2S/c1-17-7-9-22(10-8-17)43(41,42)40-15-24(23-14-33-16-34-29(23)40)28-36-19(3)27(32)25(38-28)13-20-5-4-6-21(12-20)37-26-11-18(2)35-30(31)39-26/h7-11,14-16,20-21H,4-6,12-13H2,1-3H3,(H,35,37,39)/t20-,21+/m1/s1. The molecule has 43 heavy (non-hydrogen) atoms. The summed E-state index contributed by atoms with van der Waals surface area (Å²) >= 11 is 6.04. The first-order chi connectivity index (χ1) is 20.6. The minimum atomic E-state index is -3.99. The first-order valence-corrected chi connectivity index (χ1v) is 15.8. The van der Waals surface area contributed by atoms with E-state index in [0.29, 0.717) is 28.9 Å². The number of nitrogens with zero attached hydrogens (tertiary/aromatic N) is 7. The lowest BCUT2D eigenvalue weighted by Gasteiger charge is -2.30. The van der Waals surface area contributed by atoms with E-state index in [2.05, 4.69) is 35.2 Å². The van der Waals surface area contributed by atoms with Crippen molar-refractivity contribution in [3.05, 3.63) is 82.8 Å². The van der Waals surface area contributed by atoms with Crippen molar-refractivity contribution >= 4 is 38.5 Å².